The van der Waals surface area contributed by atoms with Crippen LogP contribution in [0.4, 0.5) is 5.69 Å². The second-order valence-electron chi connectivity index (χ2n) is 7.60. The molecule has 0 spiro atoms. The van der Waals surface area contributed by atoms with E-state index in [0.29, 0.717) is 0 Å². The van der Waals surface area contributed by atoms with E-state index in [2.05, 4.69) is 11.5 Å². The first-order valence-corrected chi connectivity index (χ1v) is 10.2. The SMILES string of the molecule is CCCCCCCCCC[n+]1c2c(c(N)c3c1CCC3)CCC2. The van der Waals surface area contributed by atoms with Crippen LogP contribution < -0.4 is 10.3 Å². The van der Waals surface area contributed by atoms with Gasteiger partial charge in [0.2, 0.25) is 0 Å². The number of anilines is 1. The number of hydrogen-bond donors (Lipinski definition) is 1. The molecule has 2 aliphatic rings. The molecule has 23 heavy (non-hydrogen) atoms. The van der Waals surface area contributed by atoms with Gasteiger partial charge in [-0.1, -0.05) is 45.4 Å². The van der Waals surface area contributed by atoms with E-state index >= 15 is 0 Å². The first-order chi connectivity index (χ1) is 11.3. The molecule has 0 aliphatic heterocycles. The topological polar surface area (TPSA) is 29.9 Å². The highest BCUT2D eigenvalue weighted by molar-refractivity contribution is 5.57. The Bertz CT molecular complexity index is 498. The molecule has 3 rings (SSSR count). The average molecular weight is 316 g/mol. The lowest BCUT2D eigenvalue weighted by Crippen LogP contribution is -2.43. The van der Waals surface area contributed by atoms with Gasteiger partial charge in [0.15, 0.2) is 11.4 Å². The van der Waals surface area contributed by atoms with Gasteiger partial charge in [-0.25, -0.2) is 0 Å². The zero-order valence-electron chi connectivity index (χ0n) is 15.1. The van der Waals surface area contributed by atoms with Gasteiger partial charge < -0.3 is 5.73 Å². The Morgan fingerprint density at radius 3 is 1.83 bits per heavy atom. The molecule has 128 valence electrons. The molecule has 0 saturated carbocycles. The van der Waals surface area contributed by atoms with Crippen LogP contribution in [-0.4, -0.2) is 0 Å². The largest absolute Gasteiger partial charge is 0.398 e. The molecule has 0 saturated heterocycles. The van der Waals surface area contributed by atoms with Gasteiger partial charge in [0, 0.05) is 30.4 Å². The zero-order valence-corrected chi connectivity index (χ0v) is 15.1. The Morgan fingerprint density at radius 2 is 1.26 bits per heavy atom. The summed E-state index contributed by atoms with van der Waals surface area (Å²) in [5, 5.41) is 0. The van der Waals surface area contributed by atoms with Crippen molar-refractivity contribution < 1.29 is 4.57 Å². The van der Waals surface area contributed by atoms with E-state index in [4.69, 9.17) is 5.73 Å². The molecule has 0 fully saturated rings. The third kappa shape index (κ3) is 3.72. The summed E-state index contributed by atoms with van der Waals surface area (Å²) in [6, 6.07) is 0. The number of fused-ring (bicyclic) bond motifs is 2. The molecule has 0 atom stereocenters. The van der Waals surface area contributed by atoms with Crippen LogP contribution in [-0.2, 0) is 32.2 Å². The number of nitrogen functional groups attached to an aromatic ring is 1. The number of unbranched alkanes of at least 4 members (excludes halogenated alkanes) is 7. The quantitative estimate of drug-likeness (QED) is 0.520. The number of nitrogens with zero attached hydrogens (tertiary/aromatic N) is 1. The fraction of sp³-hybridized carbons (Fsp3) is 0.762. The van der Waals surface area contributed by atoms with Crippen molar-refractivity contribution in [2.45, 2.75) is 103 Å². The van der Waals surface area contributed by atoms with E-state index in [1.54, 1.807) is 11.4 Å². The number of aromatic nitrogens is 1. The third-order valence-corrected chi connectivity index (χ3v) is 5.91. The number of hydrogen-bond acceptors (Lipinski definition) is 1. The minimum Gasteiger partial charge on any atom is -0.398 e. The summed E-state index contributed by atoms with van der Waals surface area (Å²) in [5.74, 6) is 0. The van der Waals surface area contributed by atoms with E-state index in [-0.39, 0.29) is 0 Å². The van der Waals surface area contributed by atoms with Crippen LogP contribution in [0.25, 0.3) is 0 Å². The van der Waals surface area contributed by atoms with Crippen LogP contribution in [0, 0.1) is 0 Å². The molecule has 0 radical (unpaired) electrons. The Kier molecular flexibility index (Phi) is 5.96. The van der Waals surface area contributed by atoms with Crippen LogP contribution in [0.15, 0.2) is 0 Å². The van der Waals surface area contributed by atoms with Crippen molar-refractivity contribution in [3.63, 3.8) is 0 Å². The second-order valence-corrected chi connectivity index (χ2v) is 7.60. The van der Waals surface area contributed by atoms with Crippen LogP contribution in [0.2, 0.25) is 0 Å². The van der Waals surface area contributed by atoms with E-state index < -0.39 is 0 Å². The molecule has 2 heteroatoms. The number of pyridine rings is 1. The molecule has 1 aromatic heterocycles. The Morgan fingerprint density at radius 1 is 0.739 bits per heavy atom. The van der Waals surface area contributed by atoms with Crippen molar-refractivity contribution in [2.75, 3.05) is 5.73 Å². The predicted octanol–water partition coefficient (Wildman–Crippen LogP) is 4.67. The molecule has 2 N–H and O–H groups in total. The van der Waals surface area contributed by atoms with E-state index in [1.165, 1.54) is 108 Å². The van der Waals surface area contributed by atoms with Gasteiger partial charge in [0.1, 0.15) is 6.54 Å². The van der Waals surface area contributed by atoms with Gasteiger partial charge >= 0.3 is 0 Å². The maximum absolute atomic E-state index is 6.48. The average Bonchev–Trinajstić information content (AvgIpc) is 3.22. The predicted molar refractivity (Wildman–Crippen MR) is 97.7 cm³/mol. The molecule has 0 bridgehead atoms. The molecule has 2 aliphatic carbocycles. The molecule has 2 nitrogen and oxygen atoms in total. The first-order valence-electron chi connectivity index (χ1n) is 10.2. The van der Waals surface area contributed by atoms with Crippen molar-refractivity contribution in [3.05, 3.63) is 22.5 Å². The smallest absolute Gasteiger partial charge is 0.186 e. The van der Waals surface area contributed by atoms with Gasteiger partial charge in [0.25, 0.3) is 0 Å². The number of rotatable bonds is 9. The molecule has 1 heterocycles. The first kappa shape index (κ1) is 16.8. The summed E-state index contributed by atoms with van der Waals surface area (Å²) in [7, 11) is 0. The molecular formula is C21H35N2+. The molecule has 0 unspecified atom stereocenters. The molecule has 0 aromatic carbocycles. The summed E-state index contributed by atoms with van der Waals surface area (Å²) >= 11 is 0. The van der Waals surface area contributed by atoms with Gasteiger partial charge in [-0.15, -0.1) is 0 Å². The van der Waals surface area contributed by atoms with Crippen molar-refractivity contribution in [1.29, 1.82) is 0 Å². The molecular weight excluding hydrogens is 280 g/mol. The zero-order chi connectivity index (χ0) is 16.1. The summed E-state index contributed by atoms with van der Waals surface area (Å²) in [6.45, 7) is 3.53. The minimum atomic E-state index is 1.16. The summed E-state index contributed by atoms with van der Waals surface area (Å²) in [4.78, 5) is 0. The van der Waals surface area contributed by atoms with E-state index in [9.17, 15) is 0 Å². The van der Waals surface area contributed by atoms with Crippen molar-refractivity contribution in [3.8, 4) is 0 Å². The van der Waals surface area contributed by atoms with Crippen LogP contribution in [0.5, 0.6) is 0 Å². The van der Waals surface area contributed by atoms with Crippen molar-refractivity contribution in [2.24, 2.45) is 0 Å². The van der Waals surface area contributed by atoms with Crippen LogP contribution in [0.1, 0.15) is 93.6 Å². The molecule has 0 amide bonds. The third-order valence-electron chi connectivity index (χ3n) is 5.91. The monoisotopic (exact) mass is 315 g/mol. The highest BCUT2D eigenvalue weighted by atomic mass is 15.0. The van der Waals surface area contributed by atoms with Gasteiger partial charge in [-0.3, -0.25) is 0 Å². The lowest BCUT2D eigenvalue weighted by atomic mass is 10.0. The van der Waals surface area contributed by atoms with E-state index in [0.717, 1.165) is 5.69 Å². The summed E-state index contributed by atoms with van der Waals surface area (Å²) in [5.41, 5.74) is 13.8. The lowest BCUT2D eigenvalue weighted by Gasteiger charge is -2.12. The normalized spacial score (nSPS) is 15.9. The maximum Gasteiger partial charge on any atom is 0.186 e. The highest BCUT2D eigenvalue weighted by Gasteiger charge is 2.33. The van der Waals surface area contributed by atoms with Crippen LogP contribution in [0.3, 0.4) is 0 Å². The van der Waals surface area contributed by atoms with Crippen molar-refractivity contribution >= 4 is 5.69 Å². The highest BCUT2D eigenvalue weighted by Crippen LogP contribution is 2.33. The van der Waals surface area contributed by atoms with Gasteiger partial charge in [-0.2, -0.15) is 4.57 Å². The Labute approximate surface area is 142 Å². The van der Waals surface area contributed by atoms with Gasteiger partial charge in [-0.05, 0) is 32.1 Å². The van der Waals surface area contributed by atoms with Crippen LogP contribution >= 0.6 is 0 Å². The lowest BCUT2D eigenvalue weighted by molar-refractivity contribution is -0.711. The van der Waals surface area contributed by atoms with E-state index in [1.807, 2.05) is 0 Å². The maximum atomic E-state index is 6.48. The molecule has 1 aromatic rings. The fourth-order valence-corrected chi connectivity index (χ4v) is 4.65. The Hall–Kier alpha value is -1.05. The van der Waals surface area contributed by atoms with Crippen molar-refractivity contribution in [1.82, 2.24) is 0 Å². The summed E-state index contributed by atoms with van der Waals surface area (Å²) in [6.07, 6.45) is 18.8. The standard InChI is InChI=1S/C21H34N2/c1-2-3-4-5-6-7-8-9-16-23-19-14-10-12-17(19)21(22)18-13-11-15-20(18)23/h22H,2-16H2,1H3/p+1. The number of nitrogens with two attached hydrogens (primary N) is 1. The Balaban J connectivity index is 1.55. The minimum absolute atomic E-state index is 1.16. The van der Waals surface area contributed by atoms with Gasteiger partial charge in [0.05, 0.1) is 5.69 Å². The summed E-state index contributed by atoms with van der Waals surface area (Å²) < 4.78 is 2.69. The fourth-order valence-electron chi connectivity index (χ4n) is 4.65. The second kappa shape index (κ2) is 8.17.